The second-order valence-corrected chi connectivity index (χ2v) is 5.98. The van der Waals surface area contributed by atoms with E-state index >= 15 is 0 Å². The van der Waals surface area contributed by atoms with Crippen molar-refractivity contribution in [3.8, 4) is 5.75 Å². The van der Waals surface area contributed by atoms with Gasteiger partial charge in [-0.1, -0.05) is 23.2 Å². The van der Waals surface area contributed by atoms with Crippen LogP contribution < -0.4 is 15.0 Å². The van der Waals surface area contributed by atoms with Gasteiger partial charge in [0.1, 0.15) is 16.7 Å². The third-order valence-electron chi connectivity index (χ3n) is 3.23. The van der Waals surface area contributed by atoms with E-state index in [1.807, 2.05) is 21.0 Å². The van der Waals surface area contributed by atoms with Gasteiger partial charge in [-0.25, -0.2) is 4.98 Å². The van der Waals surface area contributed by atoms with Gasteiger partial charge in [0, 0.05) is 30.7 Å². The molecule has 0 spiro atoms. The Morgan fingerprint density at radius 2 is 1.91 bits per heavy atom. The fraction of sp³-hybridized carbons (Fsp3) is 0.250. The van der Waals surface area contributed by atoms with Crippen LogP contribution in [0.25, 0.3) is 0 Å². The van der Waals surface area contributed by atoms with Crippen LogP contribution in [0.3, 0.4) is 0 Å². The number of carbonyl (C=O) groups is 1. The van der Waals surface area contributed by atoms with E-state index in [1.165, 1.54) is 13.2 Å². The van der Waals surface area contributed by atoms with Gasteiger partial charge in [-0.2, -0.15) is 0 Å². The van der Waals surface area contributed by atoms with Gasteiger partial charge in [0.15, 0.2) is 0 Å². The van der Waals surface area contributed by atoms with Gasteiger partial charge < -0.3 is 15.0 Å². The van der Waals surface area contributed by atoms with Crippen molar-refractivity contribution in [3.05, 3.63) is 45.6 Å². The molecule has 0 aliphatic rings. The molecule has 2 rings (SSSR count). The molecule has 0 atom stereocenters. The molecule has 0 radical (unpaired) electrons. The van der Waals surface area contributed by atoms with Gasteiger partial charge in [0.05, 0.1) is 12.8 Å². The smallest absolute Gasteiger partial charge is 0.256 e. The summed E-state index contributed by atoms with van der Waals surface area (Å²) in [4.78, 5) is 18.4. The number of rotatable bonds is 4. The highest BCUT2D eigenvalue weighted by atomic mass is 35.5. The average Bonchev–Trinajstić information content (AvgIpc) is 2.49. The Bertz CT molecular complexity index is 748. The Kier molecular flexibility index (Phi) is 5.34. The van der Waals surface area contributed by atoms with Crippen molar-refractivity contribution in [2.75, 3.05) is 31.4 Å². The maximum atomic E-state index is 12.5. The number of aryl methyl sites for hydroxylation is 1. The normalized spacial score (nSPS) is 10.3. The maximum Gasteiger partial charge on any atom is 0.256 e. The van der Waals surface area contributed by atoms with Gasteiger partial charge in [-0.05, 0) is 30.7 Å². The van der Waals surface area contributed by atoms with Gasteiger partial charge in [0.2, 0.25) is 0 Å². The molecule has 0 fully saturated rings. The summed E-state index contributed by atoms with van der Waals surface area (Å²) >= 11 is 12.1. The summed E-state index contributed by atoms with van der Waals surface area (Å²) in [6, 6.07) is 6.60. The molecule has 23 heavy (non-hydrogen) atoms. The number of hydrogen-bond acceptors (Lipinski definition) is 4. The molecule has 0 unspecified atom stereocenters. The Morgan fingerprint density at radius 3 is 2.52 bits per heavy atom. The van der Waals surface area contributed by atoms with E-state index in [1.54, 1.807) is 23.1 Å². The van der Waals surface area contributed by atoms with E-state index < -0.39 is 0 Å². The Balaban J connectivity index is 2.34. The Labute approximate surface area is 145 Å². The summed E-state index contributed by atoms with van der Waals surface area (Å²) in [6.07, 6.45) is 0. The van der Waals surface area contributed by atoms with Gasteiger partial charge in [0.25, 0.3) is 5.91 Å². The first-order valence-corrected chi connectivity index (χ1v) is 7.58. The standard InChI is InChI=1S/C16H17Cl2N3O2/c1-9-5-12(13(23-4)8-11(9)17)19-16(22)10-6-14(18)20-15(7-10)21(2)3/h5-8H,1-4H3,(H,19,22). The number of amides is 1. The zero-order valence-electron chi connectivity index (χ0n) is 13.3. The lowest BCUT2D eigenvalue weighted by Gasteiger charge is -2.15. The van der Waals surface area contributed by atoms with Crippen LogP contribution in [-0.4, -0.2) is 32.1 Å². The lowest BCUT2D eigenvalue weighted by molar-refractivity contribution is 0.102. The van der Waals surface area contributed by atoms with Crippen molar-refractivity contribution in [2.45, 2.75) is 6.92 Å². The van der Waals surface area contributed by atoms with Crippen LogP contribution in [0, 0.1) is 6.92 Å². The number of hydrogen-bond donors (Lipinski definition) is 1. The molecule has 122 valence electrons. The molecule has 7 heteroatoms. The number of nitrogens with one attached hydrogen (secondary N) is 1. The predicted molar refractivity (Wildman–Crippen MR) is 94.3 cm³/mol. The summed E-state index contributed by atoms with van der Waals surface area (Å²) in [5.41, 5.74) is 1.78. The van der Waals surface area contributed by atoms with Gasteiger partial charge in [-0.15, -0.1) is 0 Å². The number of aromatic nitrogens is 1. The number of pyridine rings is 1. The molecule has 1 aromatic carbocycles. The monoisotopic (exact) mass is 353 g/mol. The molecule has 0 bridgehead atoms. The van der Waals surface area contributed by atoms with E-state index in [4.69, 9.17) is 27.9 Å². The maximum absolute atomic E-state index is 12.5. The minimum absolute atomic E-state index is 0.251. The molecule has 1 amide bonds. The Hall–Kier alpha value is -1.98. The number of carbonyl (C=O) groups excluding carboxylic acids is 1. The first kappa shape index (κ1) is 17.4. The molecule has 0 saturated heterocycles. The highest BCUT2D eigenvalue weighted by Crippen LogP contribution is 2.31. The number of benzene rings is 1. The zero-order chi connectivity index (χ0) is 17.1. The molecule has 0 aliphatic heterocycles. The third-order valence-corrected chi connectivity index (χ3v) is 3.83. The van der Waals surface area contributed by atoms with Crippen molar-refractivity contribution >= 4 is 40.6 Å². The molecule has 1 N–H and O–H groups in total. The summed E-state index contributed by atoms with van der Waals surface area (Å²) in [6.45, 7) is 1.85. The largest absolute Gasteiger partial charge is 0.495 e. The number of nitrogens with zero attached hydrogens (tertiary/aromatic N) is 2. The first-order valence-electron chi connectivity index (χ1n) is 6.82. The van der Waals surface area contributed by atoms with Crippen LogP contribution in [0.15, 0.2) is 24.3 Å². The number of ether oxygens (including phenoxy) is 1. The topological polar surface area (TPSA) is 54.5 Å². The van der Waals surface area contributed by atoms with E-state index in [0.29, 0.717) is 27.8 Å². The van der Waals surface area contributed by atoms with Gasteiger partial charge in [-0.3, -0.25) is 4.79 Å². The summed E-state index contributed by atoms with van der Waals surface area (Å²) in [7, 11) is 5.17. The average molecular weight is 354 g/mol. The highest BCUT2D eigenvalue weighted by molar-refractivity contribution is 6.31. The Morgan fingerprint density at radius 1 is 1.22 bits per heavy atom. The molecule has 5 nitrogen and oxygen atoms in total. The van der Waals surface area contributed by atoms with Gasteiger partial charge >= 0.3 is 0 Å². The molecular weight excluding hydrogens is 337 g/mol. The summed E-state index contributed by atoms with van der Waals surface area (Å²) < 4.78 is 5.26. The number of methoxy groups -OCH3 is 1. The summed E-state index contributed by atoms with van der Waals surface area (Å²) in [5, 5.41) is 3.63. The zero-order valence-corrected chi connectivity index (χ0v) is 14.8. The van der Waals surface area contributed by atoms with Crippen molar-refractivity contribution in [1.82, 2.24) is 4.98 Å². The van der Waals surface area contributed by atoms with Crippen LogP contribution in [0.5, 0.6) is 5.75 Å². The molecule has 2 aromatic rings. The minimum atomic E-state index is -0.308. The van der Waals surface area contributed by atoms with E-state index in [-0.39, 0.29) is 11.1 Å². The molecule has 1 aromatic heterocycles. The summed E-state index contributed by atoms with van der Waals surface area (Å²) in [5.74, 6) is 0.779. The van der Waals surface area contributed by atoms with Crippen LogP contribution in [-0.2, 0) is 0 Å². The fourth-order valence-corrected chi connectivity index (χ4v) is 2.33. The van der Waals surface area contributed by atoms with E-state index in [9.17, 15) is 4.79 Å². The first-order chi connectivity index (χ1) is 10.8. The second kappa shape index (κ2) is 7.06. The van der Waals surface area contributed by atoms with Crippen molar-refractivity contribution < 1.29 is 9.53 Å². The van der Waals surface area contributed by atoms with Crippen molar-refractivity contribution in [2.24, 2.45) is 0 Å². The minimum Gasteiger partial charge on any atom is -0.495 e. The predicted octanol–water partition coefficient (Wildman–Crippen LogP) is 4.02. The highest BCUT2D eigenvalue weighted by Gasteiger charge is 2.14. The van der Waals surface area contributed by atoms with E-state index in [2.05, 4.69) is 10.3 Å². The molecule has 0 saturated carbocycles. The quantitative estimate of drug-likeness (QED) is 0.843. The SMILES string of the molecule is COc1cc(Cl)c(C)cc1NC(=O)c1cc(Cl)nc(N(C)C)c1. The lowest BCUT2D eigenvalue weighted by atomic mass is 10.2. The third kappa shape index (κ3) is 4.06. The van der Waals surface area contributed by atoms with Crippen LogP contribution in [0.2, 0.25) is 10.2 Å². The second-order valence-electron chi connectivity index (χ2n) is 5.19. The lowest BCUT2D eigenvalue weighted by Crippen LogP contribution is -2.16. The van der Waals surface area contributed by atoms with Crippen LogP contribution >= 0.6 is 23.2 Å². The molecule has 0 aliphatic carbocycles. The van der Waals surface area contributed by atoms with Crippen molar-refractivity contribution in [1.29, 1.82) is 0 Å². The van der Waals surface area contributed by atoms with Crippen molar-refractivity contribution in [3.63, 3.8) is 0 Å². The molecular formula is C16H17Cl2N3O2. The molecule has 1 heterocycles. The van der Waals surface area contributed by atoms with E-state index in [0.717, 1.165) is 5.56 Å². The van der Waals surface area contributed by atoms with Crippen LogP contribution in [0.1, 0.15) is 15.9 Å². The van der Waals surface area contributed by atoms with Crippen LogP contribution in [0.4, 0.5) is 11.5 Å². The number of halogens is 2. The number of anilines is 2. The fourth-order valence-electron chi connectivity index (χ4n) is 1.97.